The fourth-order valence-corrected chi connectivity index (χ4v) is 2.08. The van der Waals surface area contributed by atoms with Crippen molar-refractivity contribution in [3.05, 3.63) is 17.7 Å². The summed E-state index contributed by atoms with van der Waals surface area (Å²) in [6, 6.07) is 0. The summed E-state index contributed by atoms with van der Waals surface area (Å²) in [7, 11) is 0. The average molecular weight is 293 g/mol. The molecule has 0 atom stereocenters. The molecule has 0 aliphatic heterocycles. The van der Waals surface area contributed by atoms with Crippen LogP contribution in [0.2, 0.25) is 0 Å². The largest absolute Gasteiger partial charge is 0.490 e. The molecule has 0 radical (unpaired) electrons. The van der Waals surface area contributed by atoms with Crippen LogP contribution in [-0.2, 0) is 6.54 Å². The molecule has 0 saturated heterocycles. The molecule has 0 unspecified atom stereocenters. The molecular formula is C17H31N3O. The van der Waals surface area contributed by atoms with E-state index in [1.54, 1.807) is 0 Å². The molecule has 4 nitrogen and oxygen atoms in total. The number of unbranched alkanes of at least 4 members (excludes halogenated alkanes) is 4. The van der Waals surface area contributed by atoms with Crippen molar-refractivity contribution in [1.29, 1.82) is 0 Å². The first-order chi connectivity index (χ1) is 10.2. The topological polar surface area (TPSA) is 47.0 Å². The molecule has 1 rings (SSSR count). The highest BCUT2D eigenvalue weighted by Crippen LogP contribution is 2.19. The van der Waals surface area contributed by atoms with Crippen molar-refractivity contribution < 1.29 is 4.74 Å². The molecular weight excluding hydrogens is 262 g/mol. The standard InChI is InChI=1S/C17H31N3O/c1-5-7-8-9-10-11-21-16-13-19-17(14(3)4)20-15(16)12-18-6-2/h13-14,18H,5-12H2,1-4H3. The third-order valence-corrected chi connectivity index (χ3v) is 3.41. The van der Waals surface area contributed by atoms with Crippen molar-refractivity contribution >= 4 is 0 Å². The fourth-order valence-electron chi connectivity index (χ4n) is 2.08. The molecule has 1 aromatic heterocycles. The fraction of sp³-hybridized carbons (Fsp3) is 0.765. The van der Waals surface area contributed by atoms with Crippen LogP contribution in [0.4, 0.5) is 0 Å². The van der Waals surface area contributed by atoms with E-state index in [4.69, 9.17) is 4.74 Å². The Morgan fingerprint density at radius 2 is 1.90 bits per heavy atom. The molecule has 4 heteroatoms. The summed E-state index contributed by atoms with van der Waals surface area (Å²) in [4.78, 5) is 9.05. The molecule has 21 heavy (non-hydrogen) atoms. The maximum atomic E-state index is 5.88. The van der Waals surface area contributed by atoms with Crippen LogP contribution in [-0.4, -0.2) is 23.1 Å². The predicted molar refractivity (Wildman–Crippen MR) is 87.8 cm³/mol. The third kappa shape index (κ3) is 6.89. The third-order valence-electron chi connectivity index (χ3n) is 3.41. The van der Waals surface area contributed by atoms with Crippen LogP contribution in [0.15, 0.2) is 6.20 Å². The summed E-state index contributed by atoms with van der Waals surface area (Å²) in [5.41, 5.74) is 0.976. The minimum atomic E-state index is 0.341. The van der Waals surface area contributed by atoms with E-state index in [2.05, 4.69) is 43.0 Å². The summed E-state index contributed by atoms with van der Waals surface area (Å²) in [6.07, 6.45) is 8.07. The number of nitrogens with one attached hydrogen (secondary N) is 1. The summed E-state index contributed by atoms with van der Waals surface area (Å²) in [5, 5.41) is 3.32. The molecule has 0 aliphatic rings. The van der Waals surface area contributed by atoms with Crippen LogP contribution in [0.1, 0.15) is 77.2 Å². The van der Waals surface area contributed by atoms with Gasteiger partial charge in [-0.2, -0.15) is 0 Å². The van der Waals surface area contributed by atoms with E-state index in [9.17, 15) is 0 Å². The van der Waals surface area contributed by atoms with Gasteiger partial charge in [-0.05, 0) is 13.0 Å². The van der Waals surface area contributed by atoms with Gasteiger partial charge in [0.15, 0.2) is 5.75 Å². The van der Waals surface area contributed by atoms with E-state index >= 15 is 0 Å². The molecule has 120 valence electrons. The van der Waals surface area contributed by atoms with Gasteiger partial charge in [0.2, 0.25) is 0 Å². The zero-order valence-corrected chi connectivity index (χ0v) is 14.1. The zero-order valence-electron chi connectivity index (χ0n) is 14.1. The molecule has 0 aromatic carbocycles. The lowest BCUT2D eigenvalue weighted by atomic mass is 10.2. The molecule has 0 saturated carbocycles. The van der Waals surface area contributed by atoms with Crippen LogP contribution >= 0.6 is 0 Å². The van der Waals surface area contributed by atoms with Gasteiger partial charge < -0.3 is 10.1 Å². The highest BCUT2D eigenvalue weighted by molar-refractivity contribution is 5.25. The Hall–Kier alpha value is -1.16. The van der Waals surface area contributed by atoms with E-state index in [1.807, 2.05) is 6.20 Å². The van der Waals surface area contributed by atoms with Crippen LogP contribution in [0.3, 0.4) is 0 Å². The highest BCUT2D eigenvalue weighted by Gasteiger charge is 2.10. The molecule has 1 N–H and O–H groups in total. The maximum Gasteiger partial charge on any atom is 0.160 e. The van der Waals surface area contributed by atoms with Crippen LogP contribution < -0.4 is 10.1 Å². The van der Waals surface area contributed by atoms with Gasteiger partial charge in [0.25, 0.3) is 0 Å². The Morgan fingerprint density at radius 1 is 1.14 bits per heavy atom. The van der Waals surface area contributed by atoms with E-state index in [0.29, 0.717) is 5.92 Å². The lowest BCUT2D eigenvalue weighted by Crippen LogP contribution is -2.16. The van der Waals surface area contributed by atoms with E-state index in [1.165, 1.54) is 25.7 Å². The second-order valence-corrected chi connectivity index (χ2v) is 5.74. The number of hydrogen-bond donors (Lipinski definition) is 1. The smallest absolute Gasteiger partial charge is 0.160 e. The highest BCUT2D eigenvalue weighted by atomic mass is 16.5. The number of rotatable bonds is 11. The number of aromatic nitrogens is 2. The molecule has 1 heterocycles. The minimum absolute atomic E-state index is 0.341. The summed E-state index contributed by atoms with van der Waals surface area (Å²) < 4.78 is 5.88. The van der Waals surface area contributed by atoms with Crippen molar-refractivity contribution in [2.75, 3.05) is 13.2 Å². The summed E-state index contributed by atoms with van der Waals surface area (Å²) in [5.74, 6) is 2.06. The second-order valence-electron chi connectivity index (χ2n) is 5.74. The van der Waals surface area contributed by atoms with Gasteiger partial charge in [0, 0.05) is 12.5 Å². The average Bonchev–Trinajstić information content (AvgIpc) is 2.49. The quantitative estimate of drug-likeness (QED) is 0.625. The lowest BCUT2D eigenvalue weighted by Gasteiger charge is -2.13. The zero-order chi connectivity index (χ0) is 15.5. The van der Waals surface area contributed by atoms with Crippen LogP contribution in [0, 0.1) is 0 Å². The molecule has 0 bridgehead atoms. The van der Waals surface area contributed by atoms with E-state index < -0.39 is 0 Å². The van der Waals surface area contributed by atoms with Crippen LogP contribution in [0.25, 0.3) is 0 Å². The normalized spacial score (nSPS) is 11.1. The first kappa shape index (κ1) is 17.9. The molecule has 1 aromatic rings. The molecule has 0 fully saturated rings. The van der Waals surface area contributed by atoms with Gasteiger partial charge in [0.05, 0.1) is 18.5 Å². The van der Waals surface area contributed by atoms with Gasteiger partial charge in [-0.25, -0.2) is 9.97 Å². The van der Waals surface area contributed by atoms with Gasteiger partial charge in [-0.15, -0.1) is 0 Å². The van der Waals surface area contributed by atoms with Gasteiger partial charge >= 0.3 is 0 Å². The molecule has 0 amide bonds. The Bertz CT molecular complexity index is 394. The van der Waals surface area contributed by atoms with E-state index in [-0.39, 0.29) is 0 Å². The number of nitrogens with zero attached hydrogens (tertiary/aromatic N) is 2. The van der Waals surface area contributed by atoms with E-state index in [0.717, 1.165) is 43.4 Å². The van der Waals surface area contributed by atoms with Crippen molar-refractivity contribution in [2.45, 2.75) is 72.3 Å². The van der Waals surface area contributed by atoms with Crippen LogP contribution in [0.5, 0.6) is 5.75 Å². The lowest BCUT2D eigenvalue weighted by molar-refractivity contribution is 0.297. The Balaban J connectivity index is 2.54. The summed E-state index contributed by atoms with van der Waals surface area (Å²) in [6.45, 7) is 11.0. The predicted octanol–water partition coefficient (Wildman–Crippen LogP) is 4.06. The molecule has 0 aliphatic carbocycles. The minimum Gasteiger partial charge on any atom is -0.490 e. The van der Waals surface area contributed by atoms with Gasteiger partial charge in [-0.1, -0.05) is 53.4 Å². The van der Waals surface area contributed by atoms with Gasteiger partial charge in [-0.3, -0.25) is 0 Å². The van der Waals surface area contributed by atoms with Gasteiger partial charge in [0.1, 0.15) is 5.82 Å². The number of ether oxygens (including phenoxy) is 1. The van der Waals surface area contributed by atoms with Crippen molar-refractivity contribution in [3.8, 4) is 5.75 Å². The SMILES string of the molecule is CCCCCCCOc1cnc(C(C)C)nc1CNCC. The Kier molecular flexibility index (Phi) is 8.99. The summed E-state index contributed by atoms with van der Waals surface area (Å²) >= 11 is 0. The second kappa shape index (κ2) is 10.6. The first-order valence-electron chi connectivity index (χ1n) is 8.38. The Labute approximate surface area is 129 Å². The van der Waals surface area contributed by atoms with Crippen molar-refractivity contribution in [3.63, 3.8) is 0 Å². The van der Waals surface area contributed by atoms with Crippen molar-refractivity contribution in [1.82, 2.24) is 15.3 Å². The maximum absolute atomic E-state index is 5.88. The molecule has 0 spiro atoms. The monoisotopic (exact) mass is 293 g/mol. The van der Waals surface area contributed by atoms with Crippen molar-refractivity contribution in [2.24, 2.45) is 0 Å². The first-order valence-corrected chi connectivity index (χ1v) is 8.38. The Morgan fingerprint density at radius 3 is 2.57 bits per heavy atom. The number of hydrogen-bond acceptors (Lipinski definition) is 4.